The quantitative estimate of drug-likeness (QED) is 0.349. The highest BCUT2D eigenvalue weighted by atomic mass is 32.2. The summed E-state index contributed by atoms with van der Waals surface area (Å²) < 4.78 is 25.6. The molecule has 0 spiro atoms. The summed E-state index contributed by atoms with van der Waals surface area (Å²) in [5.41, 5.74) is 0. The molecule has 0 saturated carbocycles. The highest BCUT2D eigenvalue weighted by molar-refractivity contribution is 7.87. The van der Waals surface area contributed by atoms with E-state index in [0.717, 1.165) is 0 Å². The van der Waals surface area contributed by atoms with Crippen molar-refractivity contribution in [1.29, 1.82) is 0 Å². The van der Waals surface area contributed by atoms with E-state index in [-0.39, 0.29) is 6.61 Å². The number of rotatable bonds is 0. The van der Waals surface area contributed by atoms with Crippen molar-refractivity contribution in [3.63, 3.8) is 0 Å². The van der Waals surface area contributed by atoms with Crippen LogP contribution in [0.3, 0.4) is 0 Å². The maximum absolute atomic E-state index is 10.6. The number of terminal acetylenes is 1. The molecule has 1 heterocycles. The van der Waals surface area contributed by atoms with Gasteiger partial charge >= 0.3 is 0 Å². The fraction of sp³-hybridized carbons (Fsp3) is 0.600. The predicted octanol–water partition coefficient (Wildman–Crippen LogP) is -0.262. The molecule has 0 bridgehead atoms. The second-order valence-electron chi connectivity index (χ2n) is 1.76. The van der Waals surface area contributed by atoms with Crippen molar-refractivity contribution in [2.45, 2.75) is 11.7 Å². The normalized spacial score (nSPS) is 31.7. The lowest BCUT2D eigenvalue weighted by atomic mass is 10.3. The van der Waals surface area contributed by atoms with Crippen molar-refractivity contribution in [1.82, 2.24) is 0 Å². The van der Waals surface area contributed by atoms with Crippen molar-refractivity contribution in [3.8, 4) is 12.3 Å². The van der Waals surface area contributed by atoms with Crippen LogP contribution in [-0.4, -0.2) is 20.3 Å². The molecule has 1 fully saturated rings. The van der Waals surface area contributed by atoms with Crippen LogP contribution in [0.2, 0.25) is 0 Å². The maximum Gasteiger partial charge on any atom is 0.281 e. The van der Waals surface area contributed by atoms with Crippen LogP contribution < -0.4 is 0 Å². The Bertz CT molecular complexity index is 233. The molecule has 0 aromatic rings. The Morgan fingerprint density at radius 3 is 2.56 bits per heavy atom. The van der Waals surface area contributed by atoms with Gasteiger partial charge in [-0.05, 0) is 0 Å². The summed E-state index contributed by atoms with van der Waals surface area (Å²) in [6.07, 6.45) is 5.33. The van der Waals surface area contributed by atoms with E-state index < -0.39 is 15.4 Å². The van der Waals surface area contributed by atoms with Crippen LogP contribution in [0.5, 0.6) is 0 Å². The summed E-state index contributed by atoms with van der Waals surface area (Å²) in [6.45, 7) is 0.233. The van der Waals surface area contributed by atoms with Crippen molar-refractivity contribution in [2.75, 3.05) is 6.61 Å². The van der Waals surface area contributed by atoms with Crippen LogP contribution in [0.1, 0.15) is 6.42 Å². The summed E-state index contributed by atoms with van der Waals surface area (Å²) in [5, 5.41) is -0.711. The van der Waals surface area contributed by atoms with Crippen molar-refractivity contribution >= 4 is 10.1 Å². The van der Waals surface area contributed by atoms with Gasteiger partial charge in [-0.2, -0.15) is 8.42 Å². The SMILES string of the molecule is C#CC1CCOS1(=O)=O. The Morgan fingerprint density at radius 1 is 1.67 bits per heavy atom. The third-order valence-corrected chi connectivity index (χ3v) is 2.73. The summed E-state index contributed by atoms with van der Waals surface area (Å²) >= 11 is 0. The molecule has 1 aliphatic heterocycles. The van der Waals surface area contributed by atoms with Gasteiger partial charge in [0.25, 0.3) is 10.1 Å². The first-order chi connectivity index (χ1) is 4.17. The van der Waals surface area contributed by atoms with Gasteiger partial charge < -0.3 is 0 Å². The van der Waals surface area contributed by atoms with Crippen molar-refractivity contribution < 1.29 is 12.6 Å². The topological polar surface area (TPSA) is 43.4 Å². The first kappa shape index (κ1) is 6.59. The lowest BCUT2D eigenvalue weighted by molar-refractivity contribution is 0.354. The Morgan fingerprint density at radius 2 is 2.33 bits per heavy atom. The molecule has 0 aliphatic carbocycles. The number of hydrogen-bond acceptors (Lipinski definition) is 3. The standard InChI is InChI=1S/C5H6O3S/c1-2-5-3-4-8-9(5,6)7/h1,5H,3-4H2. The lowest BCUT2D eigenvalue weighted by Crippen LogP contribution is -2.11. The van der Waals surface area contributed by atoms with Gasteiger partial charge in [0.15, 0.2) is 0 Å². The Hall–Kier alpha value is -0.530. The van der Waals surface area contributed by atoms with Crippen LogP contribution >= 0.6 is 0 Å². The van der Waals surface area contributed by atoms with E-state index in [2.05, 4.69) is 10.1 Å². The zero-order valence-electron chi connectivity index (χ0n) is 4.70. The zero-order chi connectivity index (χ0) is 6.91. The average molecular weight is 146 g/mol. The minimum atomic E-state index is -3.37. The molecule has 0 amide bonds. The monoisotopic (exact) mass is 146 g/mol. The second kappa shape index (κ2) is 2.01. The molecule has 50 valence electrons. The largest absolute Gasteiger partial charge is 0.281 e. The molecular weight excluding hydrogens is 140 g/mol. The van der Waals surface area contributed by atoms with E-state index in [0.29, 0.717) is 6.42 Å². The van der Waals surface area contributed by atoms with E-state index in [1.54, 1.807) is 0 Å². The first-order valence-electron chi connectivity index (χ1n) is 2.51. The van der Waals surface area contributed by atoms with Crippen LogP contribution in [0.15, 0.2) is 0 Å². The van der Waals surface area contributed by atoms with E-state index in [1.165, 1.54) is 0 Å². The van der Waals surface area contributed by atoms with Crippen LogP contribution in [0.4, 0.5) is 0 Å². The van der Waals surface area contributed by atoms with Gasteiger partial charge in [0.05, 0.1) is 6.61 Å². The predicted molar refractivity (Wildman–Crippen MR) is 32.1 cm³/mol. The highest BCUT2D eigenvalue weighted by Crippen LogP contribution is 2.15. The summed E-state index contributed by atoms with van der Waals surface area (Å²) in [4.78, 5) is 0. The molecule has 1 rings (SSSR count). The van der Waals surface area contributed by atoms with E-state index in [1.807, 2.05) is 0 Å². The molecule has 0 aromatic carbocycles. The van der Waals surface area contributed by atoms with Crippen LogP contribution in [-0.2, 0) is 14.3 Å². The second-order valence-corrected chi connectivity index (χ2v) is 3.55. The van der Waals surface area contributed by atoms with Crippen molar-refractivity contribution in [2.24, 2.45) is 0 Å². The summed E-state index contributed by atoms with van der Waals surface area (Å²) in [7, 11) is -3.37. The molecular formula is C5H6O3S. The van der Waals surface area contributed by atoms with Gasteiger partial charge in [0, 0.05) is 6.42 Å². The molecule has 1 unspecified atom stereocenters. The first-order valence-corrected chi connectivity index (χ1v) is 3.98. The molecule has 9 heavy (non-hydrogen) atoms. The molecule has 3 nitrogen and oxygen atoms in total. The molecule has 4 heteroatoms. The van der Waals surface area contributed by atoms with Crippen LogP contribution in [0.25, 0.3) is 0 Å². The molecule has 0 N–H and O–H groups in total. The Balaban J connectivity index is 2.91. The van der Waals surface area contributed by atoms with E-state index >= 15 is 0 Å². The summed E-state index contributed by atoms with van der Waals surface area (Å²) in [5.74, 6) is 2.14. The molecule has 0 radical (unpaired) electrons. The fourth-order valence-electron chi connectivity index (χ4n) is 0.664. The smallest absolute Gasteiger partial charge is 0.269 e. The molecule has 0 aromatic heterocycles. The van der Waals surface area contributed by atoms with Gasteiger partial charge in [-0.1, -0.05) is 5.92 Å². The van der Waals surface area contributed by atoms with Crippen LogP contribution in [0, 0.1) is 12.3 Å². The minimum absolute atomic E-state index is 0.233. The van der Waals surface area contributed by atoms with Gasteiger partial charge in [-0.25, -0.2) is 0 Å². The maximum atomic E-state index is 10.6. The molecule has 1 atom stereocenters. The molecule has 1 saturated heterocycles. The Labute approximate surface area is 54.1 Å². The van der Waals surface area contributed by atoms with Gasteiger partial charge in [-0.3, -0.25) is 4.18 Å². The summed E-state index contributed by atoms with van der Waals surface area (Å²) in [6, 6.07) is 0. The minimum Gasteiger partial charge on any atom is -0.269 e. The Kier molecular flexibility index (Phi) is 1.47. The third-order valence-electron chi connectivity index (χ3n) is 1.16. The lowest BCUT2D eigenvalue weighted by Gasteiger charge is -1.93. The van der Waals surface area contributed by atoms with E-state index in [4.69, 9.17) is 6.42 Å². The fourth-order valence-corrected chi connectivity index (χ4v) is 1.71. The van der Waals surface area contributed by atoms with Gasteiger partial charge in [-0.15, -0.1) is 6.42 Å². The van der Waals surface area contributed by atoms with Gasteiger partial charge in [0.2, 0.25) is 0 Å². The third kappa shape index (κ3) is 1.07. The average Bonchev–Trinajstić information content (AvgIpc) is 2.08. The highest BCUT2D eigenvalue weighted by Gasteiger charge is 2.30. The number of hydrogen-bond donors (Lipinski definition) is 0. The van der Waals surface area contributed by atoms with Gasteiger partial charge in [0.1, 0.15) is 5.25 Å². The molecule has 1 aliphatic rings. The van der Waals surface area contributed by atoms with Crippen molar-refractivity contribution in [3.05, 3.63) is 0 Å². The van der Waals surface area contributed by atoms with E-state index in [9.17, 15) is 8.42 Å². The zero-order valence-corrected chi connectivity index (χ0v) is 5.52.